The first kappa shape index (κ1) is 22.0. The van der Waals surface area contributed by atoms with Crippen LogP contribution in [0.4, 0.5) is 0 Å². The lowest BCUT2D eigenvalue weighted by Crippen LogP contribution is -2.48. The highest BCUT2D eigenvalue weighted by Crippen LogP contribution is 2.26. The van der Waals surface area contributed by atoms with E-state index in [0.717, 1.165) is 66.5 Å². The summed E-state index contributed by atoms with van der Waals surface area (Å²) in [5.41, 5.74) is 5.57. The van der Waals surface area contributed by atoms with Crippen LogP contribution in [0.1, 0.15) is 42.6 Å². The Hall–Kier alpha value is -2.83. The van der Waals surface area contributed by atoms with Crippen molar-refractivity contribution in [3.8, 4) is 0 Å². The van der Waals surface area contributed by atoms with Gasteiger partial charge in [0.25, 0.3) is 0 Å². The number of H-pyrrole nitrogens is 2. The fourth-order valence-corrected chi connectivity index (χ4v) is 4.96. The van der Waals surface area contributed by atoms with Gasteiger partial charge in [0, 0.05) is 67.2 Å². The number of aromatic amines is 2. The number of carbonyl (C=O) groups is 1. The summed E-state index contributed by atoms with van der Waals surface area (Å²) in [6, 6.07) is 12.2. The monoisotopic (exact) mass is 463 g/mol. The minimum Gasteiger partial charge on any atom is -0.361 e. The van der Waals surface area contributed by atoms with E-state index in [9.17, 15) is 4.79 Å². The minimum absolute atomic E-state index is 0.110. The molecule has 5 rings (SSSR count). The van der Waals surface area contributed by atoms with Gasteiger partial charge in [0.05, 0.1) is 11.0 Å². The summed E-state index contributed by atoms with van der Waals surface area (Å²) in [7, 11) is 0. The molecule has 172 valence electrons. The third kappa shape index (κ3) is 4.63. The van der Waals surface area contributed by atoms with Crippen LogP contribution in [-0.2, 0) is 11.3 Å². The molecule has 1 amide bonds. The van der Waals surface area contributed by atoms with Gasteiger partial charge in [-0.25, -0.2) is 4.98 Å². The van der Waals surface area contributed by atoms with Crippen molar-refractivity contribution in [2.24, 2.45) is 0 Å². The molecule has 1 fully saturated rings. The van der Waals surface area contributed by atoms with Crippen molar-refractivity contribution in [1.29, 1.82) is 0 Å². The Morgan fingerprint density at radius 2 is 1.94 bits per heavy atom. The molecule has 1 saturated heterocycles. The van der Waals surface area contributed by atoms with Crippen LogP contribution < -0.4 is 0 Å². The number of carbonyl (C=O) groups excluding carboxylic acids is 1. The van der Waals surface area contributed by atoms with Crippen molar-refractivity contribution in [3.63, 3.8) is 0 Å². The Balaban J connectivity index is 1.19. The van der Waals surface area contributed by atoms with Crippen LogP contribution in [0.25, 0.3) is 21.9 Å². The Morgan fingerprint density at radius 1 is 1.12 bits per heavy atom. The Kier molecular flexibility index (Phi) is 6.13. The molecule has 2 aromatic heterocycles. The number of fused-ring (bicyclic) bond motifs is 2. The number of nitrogens with zero attached hydrogens (tertiary/aromatic N) is 3. The smallest absolute Gasteiger partial charge is 0.223 e. The molecule has 0 spiro atoms. The fourth-order valence-electron chi connectivity index (χ4n) is 4.79. The molecule has 2 N–H and O–H groups in total. The number of hydrogen-bond donors (Lipinski definition) is 2. The molecule has 1 aliphatic rings. The number of rotatable bonds is 6. The molecule has 7 heteroatoms. The maximum absolute atomic E-state index is 13.1. The van der Waals surface area contributed by atoms with Gasteiger partial charge in [0.2, 0.25) is 5.91 Å². The molecule has 0 aliphatic carbocycles. The van der Waals surface area contributed by atoms with E-state index in [0.29, 0.717) is 6.42 Å². The molecule has 0 radical (unpaired) electrons. The number of halogens is 1. The third-order valence-corrected chi connectivity index (χ3v) is 7.04. The van der Waals surface area contributed by atoms with Gasteiger partial charge >= 0.3 is 0 Å². The number of imidazole rings is 1. The van der Waals surface area contributed by atoms with Gasteiger partial charge in [-0.1, -0.05) is 24.6 Å². The summed E-state index contributed by atoms with van der Waals surface area (Å²) in [5.74, 6) is 1.25. The second-order valence-electron chi connectivity index (χ2n) is 9.11. The molecule has 6 nitrogen and oxygen atoms in total. The maximum Gasteiger partial charge on any atom is 0.223 e. The van der Waals surface area contributed by atoms with E-state index >= 15 is 0 Å². The van der Waals surface area contributed by atoms with Crippen molar-refractivity contribution in [3.05, 3.63) is 64.6 Å². The number of hydrogen-bond acceptors (Lipinski definition) is 3. The highest BCUT2D eigenvalue weighted by Gasteiger charge is 2.25. The van der Waals surface area contributed by atoms with E-state index in [-0.39, 0.29) is 11.8 Å². The summed E-state index contributed by atoms with van der Waals surface area (Å²) in [5, 5.41) is 1.93. The standard InChI is InChI=1S/C26H30ClN5O/c1-3-18(26-29-23-6-4-17(2)12-24(23)30-26)13-25(33)32-10-8-31(9-11-32)16-19-15-28-22-7-5-20(27)14-21(19)22/h4-7,12,14-15,18,28H,3,8-11,13,16H2,1-2H3,(H,29,30). The lowest BCUT2D eigenvalue weighted by atomic mass is 10.0. The Bertz CT molecular complexity index is 1280. The lowest BCUT2D eigenvalue weighted by Gasteiger charge is -2.35. The average molecular weight is 464 g/mol. The molecule has 4 aromatic rings. The van der Waals surface area contributed by atoms with Crippen molar-refractivity contribution in [2.75, 3.05) is 26.2 Å². The Labute approximate surface area is 198 Å². The number of aromatic nitrogens is 3. The van der Waals surface area contributed by atoms with Gasteiger partial charge in [-0.3, -0.25) is 9.69 Å². The summed E-state index contributed by atoms with van der Waals surface area (Å²) in [6.45, 7) is 8.34. The summed E-state index contributed by atoms with van der Waals surface area (Å²) >= 11 is 6.19. The van der Waals surface area contributed by atoms with E-state index in [1.165, 1.54) is 16.5 Å². The summed E-state index contributed by atoms with van der Waals surface area (Å²) in [4.78, 5) is 29.0. The van der Waals surface area contributed by atoms with Crippen LogP contribution in [0.3, 0.4) is 0 Å². The van der Waals surface area contributed by atoms with Gasteiger partial charge in [-0.2, -0.15) is 0 Å². The lowest BCUT2D eigenvalue weighted by molar-refractivity contribution is -0.133. The zero-order chi connectivity index (χ0) is 22.9. The first-order valence-electron chi connectivity index (χ1n) is 11.7. The summed E-state index contributed by atoms with van der Waals surface area (Å²) < 4.78 is 0. The SMILES string of the molecule is CCC(CC(=O)N1CCN(Cc2c[nH]c3ccc(Cl)cc23)CC1)c1nc2ccc(C)cc2[nH]1. The number of piperazine rings is 1. The second-order valence-corrected chi connectivity index (χ2v) is 9.55. The Morgan fingerprint density at radius 3 is 2.73 bits per heavy atom. The van der Waals surface area contributed by atoms with Crippen molar-refractivity contribution >= 4 is 39.4 Å². The average Bonchev–Trinajstić information content (AvgIpc) is 3.41. The van der Waals surface area contributed by atoms with E-state index < -0.39 is 0 Å². The highest BCUT2D eigenvalue weighted by atomic mass is 35.5. The van der Waals surface area contributed by atoms with Crippen molar-refractivity contribution in [2.45, 2.75) is 39.2 Å². The molecule has 2 aromatic carbocycles. The third-order valence-electron chi connectivity index (χ3n) is 6.80. The zero-order valence-corrected chi connectivity index (χ0v) is 20.0. The molecule has 1 unspecified atom stereocenters. The molecule has 33 heavy (non-hydrogen) atoms. The number of amides is 1. The van der Waals surface area contributed by atoms with E-state index in [4.69, 9.17) is 16.6 Å². The summed E-state index contributed by atoms with van der Waals surface area (Å²) in [6.07, 6.45) is 3.45. The van der Waals surface area contributed by atoms with Gasteiger partial charge in [-0.05, 0) is 54.8 Å². The zero-order valence-electron chi connectivity index (χ0n) is 19.2. The molecule has 0 bridgehead atoms. The molecular formula is C26H30ClN5O. The normalized spacial score (nSPS) is 16.0. The first-order chi connectivity index (χ1) is 16.0. The van der Waals surface area contributed by atoms with Crippen LogP contribution in [-0.4, -0.2) is 56.8 Å². The van der Waals surface area contributed by atoms with E-state index in [1.807, 2.05) is 29.2 Å². The molecule has 1 atom stereocenters. The molecule has 3 heterocycles. The van der Waals surface area contributed by atoms with Gasteiger partial charge in [-0.15, -0.1) is 0 Å². The van der Waals surface area contributed by atoms with Crippen molar-refractivity contribution < 1.29 is 4.79 Å². The minimum atomic E-state index is 0.110. The molecular weight excluding hydrogens is 434 g/mol. The maximum atomic E-state index is 13.1. The van der Waals surface area contributed by atoms with Gasteiger partial charge in [0.15, 0.2) is 0 Å². The van der Waals surface area contributed by atoms with Gasteiger partial charge in [0.1, 0.15) is 5.82 Å². The van der Waals surface area contributed by atoms with Crippen LogP contribution >= 0.6 is 11.6 Å². The second kappa shape index (κ2) is 9.20. The van der Waals surface area contributed by atoms with Crippen LogP contribution in [0.5, 0.6) is 0 Å². The quantitative estimate of drug-likeness (QED) is 0.411. The number of benzene rings is 2. The van der Waals surface area contributed by atoms with Crippen LogP contribution in [0, 0.1) is 6.92 Å². The number of aryl methyl sites for hydroxylation is 1. The topological polar surface area (TPSA) is 68.0 Å². The van der Waals surface area contributed by atoms with Gasteiger partial charge < -0.3 is 14.9 Å². The van der Waals surface area contributed by atoms with Crippen LogP contribution in [0.15, 0.2) is 42.6 Å². The highest BCUT2D eigenvalue weighted by molar-refractivity contribution is 6.31. The predicted octanol–water partition coefficient (Wildman–Crippen LogP) is 5.23. The predicted molar refractivity (Wildman–Crippen MR) is 134 cm³/mol. The fraction of sp³-hybridized carbons (Fsp3) is 0.385. The largest absolute Gasteiger partial charge is 0.361 e. The first-order valence-corrected chi connectivity index (χ1v) is 12.1. The van der Waals surface area contributed by atoms with Crippen LogP contribution in [0.2, 0.25) is 5.02 Å². The van der Waals surface area contributed by atoms with E-state index in [2.05, 4.69) is 47.0 Å². The molecule has 0 saturated carbocycles. The van der Waals surface area contributed by atoms with Crippen molar-refractivity contribution in [1.82, 2.24) is 24.8 Å². The van der Waals surface area contributed by atoms with E-state index in [1.54, 1.807) is 0 Å². The molecule has 1 aliphatic heterocycles. The number of nitrogens with one attached hydrogen (secondary N) is 2.